The van der Waals surface area contributed by atoms with Crippen LogP contribution < -0.4 is 5.32 Å². The Morgan fingerprint density at radius 2 is 2.46 bits per heavy atom. The van der Waals surface area contributed by atoms with Gasteiger partial charge in [0.25, 0.3) is 0 Å². The zero-order chi connectivity index (χ0) is 9.68. The lowest BCUT2D eigenvalue weighted by Crippen LogP contribution is -2.42. The van der Waals surface area contributed by atoms with Crippen molar-refractivity contribution in [1.82, 2.24) is 5.32 Å². The number of rotatable bonds is 2. The first-order valence-corrected chi connectivity index (χ1v) is 4.55. The van der Waals surface area contributed by atoms with Crippen LogP contribution in [0, 0.1) is 11.3 Å². The Labute approximate surface area is 77.9 Å². The molecule has 1 heterocycles. The van der Waals surface area contributed by atoms with Gasteiger partial charge in [-0.1, -0.05) is 0 Å². The Bertz CT molecular complexity index is 216. The van der Waals surface area contributed by atoms with Crippen LogP contribution >= 0.6 is 0 Å². The SMILES string of the molecule is C[C@@H](C#N)NC(=O)C1CCCCO1. The second-order valence-corrected chi connectivity index (χ2v) is 3.21. The van der Waals surface area contributed by atoms with Crippen molar-refractivity contribution in [2.75, 3.05) is 6.61 Å². The standard InChI is InChI=1S/C9H14N2O2/c1-7(6-10)11-9(12)8-4-2-3-5-13-8/h7-8H,2-5H2,1H3,(H,11,12)/t7-,8?/m0/s1. The van der Waals surface area contributed by atoms with Gasteiger partial charge in [-0.2, -0.15) is 5.26 Å². The molecule has 1 unspecified atom stereocenters. The molecule has 1 amide bonds. The maximum atomic E-state index is 11.4. The summed E-state index contributed by atoms with van der Waals surface area (Å²) >= 11 is 0. The topological polar surface area (TPSA) is 62.1 Å². The van der Waals surface area contributed by atoms with Crippen LogP contribution in [-0.2, 0) is 9.53 Å². The monoisotopic (exact) mass is 182 g/mol. The summed E-state index contributed by atoms with van der Waals surface area (Å²) in [6.07, 6.45) is 2.48. The number of nitrogens with zero attached hydrogens (tertiary/aromatic N) is 1. The fourth-order valence-corrected chi connectivity index (χ4v) is 1.29. The van der Waals surface area contributed by atoms with Gasteiger partial charge in [0.15, 0.2) is 0 Å². The summed E-state index contributed by atoms with van der Waals surface area (Å²) in [5.41, 5.74) is 0. The minimum atomic E-state index is -0.432. The molecular formula is C9H14N2O2. The van der Waals surface area contributed by atoms with E-state index in [2.05, 4.69) is 5.32 Å². The Hall–Kier alpha value is -1.08. The molecule has 0 bridgehead atoms. The summed E-state index contributed by atoms with van der Waals surface area (Å²) in [7, 11) is 0. The van der Waals surface area contributed by atoms with Crippen LogP contribution in [0.2, 0.25) is 0 Å². The van der Waals surface area contributed by atoms with E-state index in [-0.39, 0.29) is 12.0 Å². The molecule has 1 saturated heterocycles. The first kappa shape index (κ1) is 10.0. The summed E-state index contributed by atoms with van der Waals surface area (Å²) < 4.78 is 5.26. The number of hydrogen-bond acceptors (Lipinski definition) is 3. The van der Waals surface area contributed by atoms with Crippen molar-refractivity contribution in [3.8, 4) is 6.07 Å². The molecule has 4 heteroatoms. The highest BCUT2D eigenvalue weighted by Crippen LogP contribution is 2.12. The van der Waals surface area contributed by atoms with E-state index in [1.54, 1.807) is 6.92 Å². The van der Waals surface area contributed by atoms with Crippen LogP contribution in [0.5, 0.6) is 0 Å². The van der Waals surface area contributed by atoms with E-state index >= 15 is 0 Å². The number of amides is 1. The van der Waals surface area contributed by atoms with Gasteiger partial charge in [-0.3, -0.25) is 4.79 Å². The van der Waals surface area contributed by atoms with Crippen molar-refractivity contribution in [2.24, 2.45) is 0 Å². The minimum Gasteiger partial charge on any atom is -0.368 e. The molecule has 1 aliphatic rings. The van der Waals surface area contributed by atoms with Crippen molar-refractivity contribution in [3.05, 3.63) is 0 Å². The van der Waals surface area contributed by atoms with Crippen LogP contribution in [0.4, 0.5) is 0 Å². The minimum absolute atomic E-state index is 0.159. The third kappa shape index (κ3) is 3.03. The second kappa shape index (κ2) is 4.83. The first-order valence-electron chi connectivity index (χ1n) is 4.55. The van der Waals surface area contributed by atoms with Crippen LogP contribution in [0.3, 0.4) is 0 Å². The second-order valence-electron chi connectivity index (χ2n) is 3.21. The predicted molar refractivity (Wildman–Crippen MR) is 46.8 cm³/mol. The van der Waals surface area contributed by atoms with E-state index in [0.717, 1.165) is 19.3 Å². The van der Waals surface area contributed by atoms with Gasteiger partial charge >= 0.3 is 0 Å². The maximum Gasteiger partial charge on any atom is 0.250 e. The number of nitrogens with one attached hydrogen (secondary N) is 1. The highest BCUT2D eigenvalue weighted by atomic mass is 16.5. The van der Waals surface area contributed by atoms with Crippen molar-refractivity contribution in [3.63, 3.8) is 0 Å². The summed E-state index contributed by atoms with van der Waals surface area (Å²) in [4.78, 5) is 11.4. The van der Waals surface area contributed by atoms with Gasteiger partial charge in [0.2, 0.25) is 5.91 Å². The normalized spacial score (nSPS) is 24.5. The highest BCUT2D eigenvalue weighted by molar-refractivity contribution is 5.81. The molecule has 0 aliphatic carbocycles. The van der Waals surface area contributed by atoms with E-state index in [1.807, 2.05) is 6.07 Å². The molecule has 1 rings (SSSR count). The molecule has 4 nitrogen and oxygen atoms in total. The third-order valence-corrected chi connectivity index (χ3v) is 2.02. The molecule has 0 saturated carbocycles. The quantitative estimate of drug-likeness (QED) is 0.679. The van der Waals surface area contributed by atoms with Crippen molar-refractivity contribution in [2.45, 2.75) is 38.3 Å². The average Bonchev–Trinajstić information content (AvgIpc) is 2.19. The maximum absolute atomic E-state index is 11.4. The smallest absolute Gasteiger partial charge is 0.250 e. The number of nitriles is 1. The third-order valence-electron chi connectivity index (χ3n) is 2.02. The number of carbonyl (C=O) groups is 1. The molecule has 72 valence electrons. The summed E-state index contributed by atoms with van der Waals surface area (Å²) in [6, 6.07) is 1.52. The Balaban J connectivity index is 2.34. The van der Waals surface area contributed by atoms with Gasteiger partial charge in [-0.25, -0.2) is 0 Å². The summed E-state index contributed by atoms with van der Waals surface area (Å²) in [5.74, 6) is -0.159. The van der Waals surface area contributed by atoms with Gasteiger partial charge in [0.1, 0.15) is 12.1 Å². The van der Waals surface area contributed by atoms with Crippen LogP contribution in [0.1, 0.15) is 26.2 Å². The van der Waals surface area contributed by atoms with E-state index in [9.17, 15) is 4.79 Å². The lowest BCUT2D eigenvalue weighted by atomic mass is 10.1. The summed E-state index contributed by atoms with van der Waals surface area (Å²) in [5, 5.41) is 11.1. The molecule has 0 aromatic heterocycles. The molecule has 0 aromatic rings. The van der Waals surface area contributed by atoms with Crippen molar-refractivity contribution < 1.29 is 9.53 Å². The predicted octanol–water partition coefficient (Wildman–Crippen LogP) is 0.584. The Morgan fingerprint density at radius 1 is 1.69 bits per heavy atom. The molecular weight excluding hydrogens is 168 g/mol. The Morgan fingerprint density at radius 3 is 3.00 bits per heavy atom. The van der Waals surface area contributed by atoms with Crippen LogP contribution in [-0.4, -0.2) is 24.7 Å². The molecule has 13 heavy (non-hydrogen) atoms. The average molecular weight is 182 g/mol. The fourth-order valence-electron chi connectivity index (χ4n) is 1.29. The van der Waals surface area contributed by atoms with E-state index in [0.29, 0.717) is 6.61 Å². The highest BCUT2D eigenvalue weighted by Gasteiger charge is 2.22. The largest absolute Gasteiger partial charge is 0.368 e. The van der Waals surface area contributed by atoms with Crippen molar-refractivity contribution >= 4 is 5.91 Å². The van der Waals surface area contributed by atoms with E-state index in [4.69, 9.17) is 10.00 Å². The number of hydrogen-bond donors (Lipinski definition) is 1. The molecule has 0 radical (unpaired) electrons. The van der Waals surface area contributed by atoms with Gasteiger partial charge in [-0.05, 0) is 26.2 Å². The van der Waals surface area contributed by atoms with Gasteiger partial charge in [0.05, 0.1) is 6.07 Å². The zero-order valence-corrected chi connectivity index (χ0v) is 7.75. The lowest BCUT2D eigenvalue weighted by molar-refractivity contribution is -0.135. The van der Waals surface area contributed by atoms with Crippen LogP contribution in [0.25, 0.3) is 0 Å². The molecule has 2 atom stereocenters. The van der Waals surface area contributed by atoms with Crippen LogP contribution in [0.15, 0.2) is 0 Å². The number of ether oxygens (including phenoxy) is 1. The molecule has 1 aliphatic heterocycles. The van der Waals surface area contributed by atoms with Crippen molar-refractivity contribution in [1.29, 1.82) is 5.26 Å². The molecule has 0 aromatic carbocycles. The zero-order valence-electron chi connectivity index (χ0n) is 7.75. The van der Waals surface area contributed by atoms with Gasteiger partial charge < -0.3 is 10.1 Å². The number of carbonyl (C=O) groups excluding carboxylic acids is 1. The molecule has 1 N–H and O–H groups in total. The first-order chi connectivity index (χ1) is 6.24. The Kier molecular flexibility index (Phi) is 3.71. The lowest BCUT2D eigenvalue weighted by Gasteiger charge is -2.22. The summed E-state index contributed by atoms with van der Waals surface area (Å²) in [6.45, 7) is 2.31. The van der Waals surface area contributed by atoms with E-state index in [1.165, 1.54) is 0 Å². The van der Waals surface area contributed by atoms with Gasteiger partial charge in [0, 0.05) is 6.61 Å². The molecule has 0 spiro atoms. The van der Waals surface area contributed by atoms with E-state index < -0.39 is 6.04 Å². The fraction of sp³-hybridized carbons (Fsp3) is 0.778. The molecule has 1 fully saturated rings. The van der Waals surface area contributed by atoms with Gasteiger partial charge in [-0.15, -0.1) is 0 Å².